The number of likely N-dealkylation sites (tertiary alicyclic amines) is 1. The molecule has 0 saturated carbocycles. The first-order valence-corrected chi connectivity index (χ1v) is 6.99. The van der Waals surface area contributed by atoms with Crippen LogP contribution in [0.4, 0.5) is 0 Å². The van der Waals surface area contributed by atoms with Gasteiger partial charge in [0, 0.05) is 13.1 Å². The highest BCUT2D eigenvalue weighted by molar-refractivity contribution is 5.77. The quantitative estimate of drug-likeness (QED) is 0.848. The van der Waals surface area contributed by atoms with Gasteiger partial charge >= 0.3 is 0 Å². The molecule has 1 saturated heterocycles. The van der Waals surface area contributed by atoms with E-state index in [4.69, 9.17) is 9.72 Å². The summed E-state index contributed by atoms with van der Waals surface area (Å²) in [7, 11) is 3.79. The van der Waals surface area contributed by atoms with Crippen LogP contribution in [0.2, 0.25) is 0 Å². The molecule has 3 rings (SSSR count). The molecule has 1 aliphatic rings. The van der Waals surface area contributed by atoms with Crippen molar-refractivity contribution in [3.63, 3.8) is 0 Å². The van der Waals surface area contributed by atoms with Crippen LogP contribution < -0.4 is 4.74 Å². The Morgan fingerprint density at radius 3 is 2.74 bits per heavy atom. The van der Waals surface area contributed by atoms with Crippen LogP contribution in [0.15, 0.2) is 18.2 Å². The minimum Gasteiger partial charge on any atom is -0.497 e. The number of aryl methyl sites for hydroxylation is 1. The maximum atomic E-state index is 5.26. The summed E-state index contributed by atoms with van der Waals surface area (Å²) in [5, 5.41) is 0. The highest BCUT2D eigenvalue weighted by atomic mass is 16.5. The number of piperidine rings is 1. The van der Waals surface area contributed by atoms with E-state index in [-0.39, 0.29) is 0 Å². The molecule has 1 aromatic heterocycles. The predicted octanol–water partition coefficient (Wildman–Crippen LogP) is 2.57. The molecule has 4 nitrogen and oxygen atoms in total. The van der Waals surface area contributed by atoms with Crippen LogP contribution in [0.3, 0.4) is 0 Å². The van der Waals surface area contributed by atoms with Crippen molar-refractivity contribution >= 4 is 11.0 Å². The van der Waals surface area contributed by atoms with Gasteiger partial charge in [0.15, 0.2) is 0 Å². The van der Waals surface area contributed by atoms with E-state index in [9.17, 15) is 0 Å². The van der Waals surface area contributed by atoms with Gasteiger partial charge in [0.1, 0.15) is 11.6 Å². The molecular formula is C15H21N3O. The van der Waals surface area contributed by atoms with Crippen molar-refractivity contribution in [2.75, 3.05) is 20.2 Å². The van der Waals surface area contributed by atoms with Gasteiger partial charge in [-0.3, -0.25) is 4.90 Å². The topological polar surface area (TPSA) is 30.3 Å². The Morgan fingerprint density at radius 2 is 2.00 bits per heavy atom. The number of hydrogen-bond acceptors (Lipinski definition) is 3. The summed E-state index contributed by atoms with van der Waals surface area (Å²) in [6.07, 6.45) is 4.01. The third-order valence-corrected chi connectivity index (χ3v) is 3.99. The van der Waals surface area contributed by atoms with Gasteiger partial charge in [-0.2, -0.15) is 0 Å². The van der Waals surface area contributed by atoms with Crippen molar-refractivity contribution < 1.29 is 4.74 Å². The second-order valence-corrected chi connectivity index (χ2v) is 5.28. The highest BCUT2D eigenvalue weighted by Crippen LogP contribution is 2.22. The fraction of sp³-hybridized carbons (Fsp3) is 0.533. The number of aromatic nitrogens is 2. The summed E-state index contributed by atoms with van der Waals surface area (Å²) >= 11 is 0. The van der Waals surface area contributed by atoms with Crippen molar-refractivity contribution in [3.05, 3.63) is 24.0 Å². The Kier molecular flexibility index (Phi) is 3.42. The van der Waals surface area contributed by atoms with Crippen molar-refractivity contribution in [1.82, 2.24) is 14.5 Å². The standard InChI is InChI=1S/C15H21N3O/c1-17-14-7-6-12(19-2)10-13(14)16-15(17)11-18-8-4-3-5-9-18/h6-7,10H,3-5,8-9,11H2,1-2H3. The zero-order valence-corrected chi connectivity index (χ0v) is 11.7. The van der Waals surface area contributed by atoms with Crippen molar-refractivity contribution in [2.24, 2.45) is 7.05 Å². The number of rotatable bonds is 3. The number of fused-ring (bicyclic) bond motifs is 1. The van der Waals surface area contributed by atoms with Crippen LogP contribution in [0.1, 0.15) is 25.1 Å². The SMILES string of the molecule is COc1ccc2c(c1)nc(CN1CCCCC1)n2C. The summed E-state index contributed by atoms with van der Waals surface area (Å²) < 4.78 is 7.46. The summed E-state index contributed by atoms with van der Waals surface area (Å²) in [6.45, 7) is 3.35. The predicted molar refractivity (Wildman–Crippen MR) is 76.4 cm³/mol. The van der Waals surface area contributed by atoms with Gasteiger partial charge in [0.05, 0.1) is 24.7 Å². The lowest BCUT2D eigenvalue weighted by atomic mass is 10.1. The molecule has 19 heavy (non-hydrogen) atoms. The molecule has 0 bridgehead atoms. The maximum Gasteiger partial charge on any atom is 0.123 e. The average molecular weight is 259 g/mol. The summed E-state index contributed by atoms with van der Waals surface area (Å²) in [6, 6.07) is 6.09. The fourth-order valence-electron chi connectivity index (χ4n) is 2.82. The van der Waals surface area contributed by atoms with Crippen LogP contribution >= 0.6 is 0 Å². The number of methoxy groups -OCH3 is 1. The second-order valence-electron chi connectivity index (χ2n) is 5.28. The molecule has 2 heterocycles. The molecule has 102 valence electrons. The molecule has 1 fully saturated rings. The van der Waals surface area contributed by atoms with Gasteiger partial charge in [-0.05, 0) is 38.1 Å². The van der Waals surface area contributed by atoms with E-state index in [0.29, 0.717) is 0 Å². The van der Waals surface area contributed by atoms with Gasteiger partial charge in [0.2, 0.25) is 0 Å². The van der Waals surface area contributed by atoms with Gasteiger partial charge in [-0.15, -0.1) is 0 Å². The van der Waals surface area contributed by atoms with Crippen molar-refractivity contribution in [2.45, 2.75) is 25.8 Å². The molecule has 0 atom stereocenters. The number of ether oxygens (including phenoxy) is 1. The van der Waals surface area contributed by atoms with E-state index in [1.165, 1.54) is 37.9 Å². The zero-order valence-electron chi connectivity index (χ0n) is 11.7. The lowest BCUT2D eigenvalue weighted by Gasteiger charge is -2.25. The summed E-state index contributed by atoms with van der Waals surface area (Å²) in [5.74, 6) is 2.01. The molecule has 0 unspecified atom stereocenters. The number of hydrogen-bond donors (Lipinski definition) is 0. The molecule has 0 spiro atoms. The largest absolute Gasteiger partial charge is 0.497 e. The summed E-state index contributed by atoms with van der Waals surface area (Å²) in [5.41, 5.74) is 2.20. The molecule has 2 aromatic rings. The molecule has 0 amide bonds. The Balaban J connectivity index is 1.88. The first kappa shape index (κ1) is 12.5. The van der Waals surface area contributed by atoms with Gasteiger partial charge in [-0.25, -0.2) is 4.98 Å². The third-order valence-electron chi connectivity index (χ3n) is 3.99. The van der Waals surface area contributed by atoms with E-state index in [0.717, 1.165) is 23.6 Å². The number of imidazole rings is 1. The molecule has 4 heteroatoms. The first-order valence-electron chi connectivity index (χ1n) is 6.99. The Morgan fingerprint density at radius 1 is 1.21 bits per heavy atom. The van der Waals surface area contributed by atoms with Crippen LogP contribution in [0, 0.1) is 0 Å². The summed E-state index contributed by atoms with van der Waals surface area (Å²) in [4.78, 5) is 7.26. The molecule has 0 radical (unpaired) electrons. The Hall–Kier alpha value is -1.55. The average Bonchev–Trinajstić information content (AvgIpc) is 2.76. The van der Waals surface area contributed by atoms with E-state index in [2.05, 4.69) is 22.6 Å². The minimum atomic E-state index is 0.870. The second kappa shape index (κ2) is 5.21. The maximum absolute atomic E-state index is 5.26. The third kappa shape index (κ3) is 2.45. The molecule has 1 aromatic carbocycles. The Labute approximate surface area is 114 Å². The van der Waals surface area contributed by atoms with Gasteiger partial charge in [0.25, 0.3) is 0 Å². The smallest absolute Gasteiger partial charge is 0.123 e. The zero-order chi connectivity index (χ0) is 13.2. The molecule has 1 aliphatic heterocycles. The molecular weight excluding hydrogens is 238 g/mol. The number of benzene rings is 1. The Bertz CT molecular complexity index is 570. The van der Waals surface area contributed by atoms with Gasteiger partial charge < -0.3 is 9.30 Å². The van der Waals surface area contributed by atoms with Crippen molar-refractivity contribution in [3.8, 4) is 5.75 Å². The first-order chi connectivity index (χ1) is 9.28. The lowest BCUT2D eigenvalue weighted by molar-refractivity contribution is 0.214. The fourth-order valence-corrected chi connectivity index (χ4v) is 2.82. The van der Waals surface area contributed by atoms with Crippen LogP contribution in [-0.2, 0) is 13.6 Å². The van der Waals surface area contributed by atoms with E-state index in [1.807, 2.05) is 12.1 Å². The van der Waals surface area contributed by atoms with Crippen LogP contribution in [-0.4, -0.2) is 34.7 Å². The number of nitrogens with zero attached hydrogens (tertiary/aromatic N) is 3. The molecule has 0 N–H and O–H groups in total. The normalized spacial score (nSPS) is 16.9. The van der Waals surface area contributed by atoms with Crippen molar-refractivity contribution in [1.29, 1.82) is 0 Å². The lowest BCUT2D eigenvalue weighted by Crippen LogP contribution is -2.30. The monoisotopic (exact) mass is 259 g/mol. The minimum absolute atomic E-state index is 0.870. The van der Waals surface area contributed by atoms with E-state index >= 15 is 0 Å². The van der Waals surface area contributed by atoms with Crippen LogP contribution in [0.5, 0.6) is 5.75 Å². The van der Waals surface area contributed by atoms with Crippen LogP contribution in [0.25, 0.3) is 11.0 Å². The van der Waals surface area contributed by atoms with Gasteiger partial charge in [-0.1, -0.05) is 6.42 Å². The molecule has 0 aliphatic carbocycles. The van der Waals surface area contributed by atoms with E-state index in [1.54, 1.807) is 7.11 Å². The highest BCUT2D eigenvalue weighted by Gasteiger charge is 2.15. The van der Waals surface area contributed by atoms with E-state index < -0.39 is 0 Å².